The van der Waals surface area contributed by atoms with Crippen LogP contribution < -0.4 is 0 Å². The lowest BCUT2D eigenvalue weighted by molar-refractivity contribution is 0.0319. The van der Waals surface area contributed by atoms with E-state index >= 15 is 0 Å². The van der Waals surface area contributed by atoms with Gasteiger partial charge in [-0.15, -0.1) is 0 Å². The van der Waals surface area contributed by atoms with Crippen LogP contribution in [0.3, 0.4) is 0 Å². The average molecular weight is 450 g/mol. The van der Waals surface area contributed by atoms with Crippen molar-refractivity contribution in [1.82, 2.24) is 0 Å². The summed E-state index contributed by atoms with van der Waals surface area (Å²) in [5, 5.41) is 29.9. The van der Waals surface area contributed by atoms with Crippen molar-refractivity contribution < 1.29 is 0 Å². The highest BCUT2D eigenvalue weighted by Gasteiger charge is 2.49. The predicted molar refractivity (Wildman–Crippen MR) is 135 cm³/mol. The van der Waals surface area contributed by atoms with Gasteiger partial charge in [0.15, 0.2) is 0 Å². The lowest BCUT2D eigenvalue weighted by Crippen LogP contribution is -2.44. The first-order chi connectivity index (χ1) is 16.5. The number of aryl methyl sites for hydroxylation is 3. The zero-order valence-corrected chi connectivity index (χ0v) is 20.7. The quantitative estimate of drug-likeness (QED) is 0.420. The minimum atomic E-state index is 0.0633. The zero-order valence-electron chi connectivity index (χ0n) is 20.7. The van der Waals surface area contributed by atoms with Gasteiger partial charge in [-0.3, -0.25) is 0 Å². The molecule has 5 rings (SSSR count). The van der Waals surface area contributed by atoms with E-state index in [-0.39, 0.29) is 5.41 Å². The van der Waals surface area contributed by atoms with Crippen LogP contribution in [0.25, 0.3) is 0 Å². The fraction of sp³-hybridized carbons (Fsp3) is 0.516. The van der Waals surface area contributed by atoms with E-state index in [0.717, 1.165) is 54.4 Å². The maximum Gasteiger partial charge on any atom is 0.101 e. The molecule has 0 unspecified atom stereocenters. The van der Waals surface area contributed by atoms with Crippen LogP contribution in [0.2, 0.25) is 0 Å². The molecule has 2 aromatic carbocycles. The Morgan fingerprint density at radius 3 is 1.94 bits per heavy atom. The number of hydrogen-bond acceptors (Lipinski definition) is 3. The van der Waals surface area contributed by atoms with Gasteiger partial charge in [-0.1, -0.05) is 51.0 Å². The molecule has 34 heavy (non-hydrogen) atoms. The van der Waals surface area contributed by atoms with E-state index in [1.54, 1.807) is 0 Å². The number of nitrogens with zero attached hydrogens (tertiary/aromatic N) is 3. The van der Waals surface area contributed by atoms with Gasteiger partial charge >= 0.3 is 0 Å². The maximum absolute atomic E-state index is 10.1. The molecule has 0 amide bonds. The van der Waals surface area contributed by atoms with Crippen LogP contribution >= 0.6 is 0 Å². The van der Waals surface area contributed by atoms with E-state index in [1.165, 1.54) is 37.7 Å². The second kappa shape index (κ2) is 10.0. The molecule has 2 bridgehead atoms. The molecular weight excluding hydrogens is 414 g/mol. The van der Waals surface area contributed by atoms with Crippen molar-refractivity contribution in [2.75, 3.05) is 0 Å². The highest BCUT2D eigenvalue weighted by Crippen LogP contribution is 2.60. The third kappa shape index (κ3) is 4.36. The molecule has 0 saturated heterocycles. The Bertz CT molecular complexity index is 1160. The molecular formula is C31H35N3. The lowest BCUT2D eigenvalue weighted by atomic mass is 9.50. The molecule has 3 saturated carbocycles. The van der Waals surface area contributed by atoms with Crippen molar-refractivity contribution >= 4 is 0 Å². The second-order valence-electron chi connectivity index (χ2n) is 10.6. The smallest absolute Gasteiger partial charge is 0.101 e. The third-order valence-electron chi connectivity index (χ3n) is 8.77. The van der Waals surface area contributed by atoms with Gasteiger partial charge in [0, 0.05) is 0 Å². The molecule has 0 atom stereocenters. The summed E-state index contributed by atoms with van der Waals surface area (Å²) < 4.78 is 0. The second-order valence-corrected chi connectivity index (χ2v) is 10.6. The molecule has 0 aliphatic heterocycles. The number of rotatable bonds is 8. The van der Waals surface area contributed by atoms with Crippen LogP contribution in [0.15, 0.2) is 30.3 Å². The number of fused-ring (bicyclic) bond motifs is 3. The van der Waals surface area contributed by atoms with E-state index < -0.39 is 0 Å². The van der Waals surface area contributed by atoms with Crippen molar-refractivity contribution in [3.63, 3.8) is 0 Å². The van der Waals surface area contributed by atoms with Gasteiger partial charge in [-0.25, -0.2) is 0 Å². The first-order valence-electron chi connectivity index (χ1n) is 13.0. The lowest BCUT2D eigenvalue weighted by Gasteiger charge is -2.54. The largest absolute Gasteiger partial charge is 0.192 e. The Morgan fingerprint density at radius 1 is 0.706 bits per heavy atom. The highest BCUT2D eigenvalue weighted by molar-refractivity contribution is 5.57. The van der Waals surface area contributed by atoms with Gasteiger partial charge in [0.2, 0.25) is 0 Å². The Hall–Kier alpha value is -3.09. The third-order valence-corrected chi connectivity index (χ3v) is 8.77. The number of nitriles is 3. The highest BCUT2D eigenvalue weighted by atomic mass is 14.5. The van der Waals surface area contributed by atoms with Crippen LogP contribution in [-0.2, 0) is 24.7 Å². The standard InChI is InChI=1S/C31H35N3/c1-3-5-23-6-7-24(26(19-23)20-32)8-9-25-10-11-29(28(22-34)27(25)21-33)31-16-13-30(12-4-2,14-17-31)15-18-31/h6-7,10-11,19H,3-5,8-9,12-18H2,1-2H3. The van der Waals surface area contributed by atoms with Crippen molar-refractivity contribution in [1.29, 1.82) is 15.8 Å². The normalized spacial score (nSPS) is 23.1. The van der Waals surface area contributed by atoms with Crippen LogP contribution in [0.4, 0.5) is 0 Å². The fourth-order valence-electron chi connectivity index (χ4n) is 6.77. The Morgan fingerprint density at radius 2 is 1.35 bits per heavy atom. The predicted octanol–water partition coefficient (Wildman–Crippen LogP) is 7.43. The molecule has 0 aromatic heterocycles. The van der Waals surface area contributed by atoms with Crippen molar-refractivity contribution in [3.05, 3.63) is 69.3 Å². The summed E-state index contributed by atoms with van der Waals surface area (Å²) >= 11 is 0. The Balaban J connectivity index is 1.60. The van der Waals surface area contributed by atoms with Gasteiger partial charge in [0.25, 0.3) is 0 Å². The average Bonchev–Trinajstić information content (AvgIpc) is 2.88. The summed E-state index contributed by atoms with van der Waals surface area (Å²) in [6.07, 6.45) is 13.1. The summed E-state index contributed by atoms with van der Waals surface area (Å²) in [7, 11) is 0. The summed E-state index contributed by atoms with van der Waals surface area (Å²) in [6.45, 7) is 4.43. The van der Waals surface area contributed by atoms with E-state index in [9.17, 15) is 15.8 Å². The summed E-state index contributed by atoms with van der Waals surface area (Å²) in [6, 6.07) is 17.6. The SMILES string of the molecule is CCCc1ccc(CCc2ccc(C34CCC(CCC)(CC3)CC4)c(C#N)c2C#N)c(C#N)c1. The topological polar surface area (TPSA) is 71.4 Å². The molecule has 0 N–H and O–H groups in total. The maximum atomic E-state index is 10.1. The van der Waals surface area contributed by atoms with E-state index in [0.29, 0.717) is 29.4 Å². The molecule has 3 heteroatoms. The Labute approximate surface area is 205 Å². The Kier molecular flexibility index (Phi) is 7.10. The molecule has 3 nitrogen and oxygen atoms in total. The number of benzene rings is 2. The van der Waals surface area contributed by atoms with E-state index in [4.69, 9.17) is 0 Å². The molecule has 0 spiro atoms. The molecule has 0 radical (unpaired) electrons. The van der Waals surface area contributed by atoms with Gasteiger partial charge < -0.3 is 0 Å². The number of hydrogen-bond donors (Lipinski definition) is 0. The zero-order chi connectivity index (χ0) is 24.2. The summed E-state index contributed by atoms with van der Waals surface area (Å²) in [5.74, 6) is 0. The van der Waals surface area contributed by atoms with Crippen molar-refractivity contribution in [2.24, 2.45) is 5.41 Å². The summed E-state index contributed by atoms with van der Waals surface area (Å²) in [4.78, 5) is 0. The van der Waals surface area contributed by atoms with Crippen LogP contribution in [0.1, 0.15) is 111 Å². The minimum absolute atomic E-state index is 0.0633. The molecule has 3 aliphatic carbocycles. The fourth-order valence-corrected chi connectivity index (χ4v) is 6.77. The van der Waals surface area contributed by atoms with Crippen molar-refractivity contribution in [2.45, 2.75) is 96.3 Å². The molecule has 3 fully saturated rings. The van der Waals surface area contributed by atoms with Gasteiger partial charge in [0.1, 0.15) is 12.1 Å². The van der Waals surface area contributed by atoms with Gasteiger partial charge in [0.05, 0.1) is 22.8 Å². The molecule has 0 heterocycles. The molecule has 2 aromatic rings. The van der Waals surface area contributed by atoms with Crippen molar-refractivity contribution in [3.8, 4) is 18.2 Å². The first-order valence-corrected chi connectivity index (χ1v) is 13.0. The minimum Gasteiger partial charge on any atom is -0.192 e. The summed E-state index contributed by atoms with van der Waals surface area (Å²) in [5.41, 5.74) is 6.70. The first kappa shape index (κ1) is 24.0. The van der Waals surface area contributed by atoms with E-state index in [2.05, 4.69) is 56.3 Å². The van der Waals surface area contributed by atoms with E-state index in [1.807, 2.05) is 6.07 Å². The van der Waals surface area contributed by atoms with Crippen LogP contribution in [-0.4, -0.2) is 0 Å². The molecule has 174 valence electrons. The van der Waals surface area contributed by atoms with Crippen LogP contribution in [0, 0.1) is 39.4 Å². The molecule has 3 aliphatic rings. The van der Waals surface area contributed by atoms with Crippen LogP contribution in [0.5, 0.6) is 0 Å². The van der Waals surface area contributed by atoms with Gasteiger partial charge in [-0.2, -0.15) is 15.8 Å². The van der Waals surface area contributed by atoms with Gasteiger partial charge in [-0.05, 0) is 103 Å². The monoisotopic (exact) mass is 449 g/mol.